The molecule has 2 aromatic rings. The first-order valence-corrected chi connectivity index (χ1v) is 6.16. The second kappa shape index (κ2) is 6.05. The maximum atomic E-state index is 6.05. The number of pyridine rings is 1. The van der Waals surface area contributed by atoms with Gasteiger partial charge in [-0.25, -0.2) is 4.98 Å². The van der Waals surface area contributed by atoms with Crippen LogP contribution < -0.4 is 10.5 Å². The molecule has 3 nitrogen and oxygen atoms in total. The molecule has 0 aliphatic rings. The average molecular weight is 283 g/mol. The smallest absolute Gasteiger partial charge is 0.213 e. The van der Waals surface area contributed by atoms with E-state index in [2.05, 4.69) is 4.98 Å². The standard InChI is InChI=1S/C13H12Cl2N2O/c14-11-2-1-10(12(15)6-11)8-18-13-5-9(7-16)3-4-17-13/h1-6H,7-8,16H2. The molecule has 1 heterocycles. The first-order valence-electron chi connectivity index (χ1n) is 5.41. The van der Waals surface area contributed by atoms with E-state index in [1.54, 1.807) is 18.3 Å². The average Bonchev–Trinajstić information content (AvgIpc) is 2.38. The number of nitrogens with zero attached hydrogens (tertiary/aromatic N) is 1. The molecule has 0 unspecified atom stereocenters. The summed E-state index contributed by atoms with van der Waals surface area (Å²) in [4.78, 5) is 4.10. The number of hydrogen-bond acceptors (Lipinski definition) is 3. The van der Waals surface area contributed by atoms with E-state index in [0.29, 0.717) is 29.1 Å². The van der Waals surface area contributed by atoms with Crippen LogP contribution in [0.4, 0.5) is 0 Å². The lowest BCUT2D eigenvalue weighted by Gasteiger charge is -2.08. The van der Waals surface area contributed by atoms with Gasteiger partial charge in [-0.2, -0.15) is 0 Å². The van der Waals surface area contributed by atoms with Crippen molar-refractivity contribution in [3.05, 3.63) is 57.7 Å². The van der Waals surface area contributed by atoms with Gasteiger partial charge in [-0.3, -0.25) is 0 Å². The van der Waals surface area contributed by atoms with Crippen LogP contribution >= 0.6 is 23.2 Å². The Kier molecular flexibility index (Phi) is 4.42. The number of hydrogen-bond donors (Lipinski definition) is 1. The number of aromatic nitrogens is 1. The molecule has 0 saturated carbocycles. The molecule has 0 spiro atoms. The van der Waals surface area contributed by atoms with Crippen LogP contribution in [0.15, 0.2) is 36.5 Å². The Bertz CT molecular complexity index is 546. The van der Waals surface area contributed by atoms with E-state index >= 15 is 0 Å². The van der Waals surface area contributed by atoms with Gasteiger partial charge in [0.15, 0.2) is 0 Å². The maximum absolute atomic E-state index is 6.05. The lowest BCUT2D eigenvalue weighted by Crippen LogP contribution is -2.01. The van der Waals surface area contributed by atoms with Gasteiger partial charge in [0.1, 0.15) is 6.61 Å². The minimum Gasteiger partial charge on any atom is -0.473 e. The Morgan fingerprint density at radius 3 is 2.72 bits per heavy atom. The molecule has 18 heavy (non-hydrogen) atoms. The van der Waals surface area contributed by atoms with E-state index in [0.717, 1.165) is 11.1 Å². The molecule has 0 bridgehead atoms. The van der Waals surface area contributed by atoms with Crippen LogP contribution in [0.2, 0.25) is 10.0 Å². The summed E-state index contributed by atoms with van der Waals surface area (Å²) in [7, 11) is 0. The summed E-state index contributed by atoms with van der Waals surface area (Å²) in [5.41, 5.74) is 7.38. The van der Waals surface area contributed by atoms with Gasteiger partial charge in [0.05, 0.1) is 0 Å². The van der Waals surface area contributed by atoms with Crippen LogP contribution in [0.5, 0.6) is 5.88 Å². The third kappa shape index (κ3) is 3.35. The van der Waals surface area contributed by atoms with Gasteiger partial charge in [-0.1, -0.05) is 29.3 Å². The van der Waals surface area contributed by atoms with Crippen molar-refractivity contribution in [3.63, 3.8) is 0 Å². The molecule has 0 amide bonds. The molecular weight excluding hydrogens is 271 g/mol. The van der Waals surface area contributed by atoms with Crippen molar-refractivity contribution < 1.29 is 4.74 Å². The normalized spacial score (nSPS) is 10.4. The van der Waals surface area contributed by atoms with Gasteiger partial charge in [-0.05, 0) is 23.8 Å². The highest BCUT2D eigenvalue weighted by Gasteiger charge is 2.03. The van der Waals surface area contributed by atoms with Crippen LogP contribution in [-0.4, -0.2) is 4.98 Å². The van der Waals surface area contributed by atoms with E-state index in [9.17, 15) is 0 Å². The highest BCUT2D eigenvalue weighted by Crippen LogP contribution is 2.22. The molecule has 1 aromatic carbocycles. The molecule has 0 radical (unpaired) electrons. The van der Waals surface area contributed by atoms with E-state index in [1.165, 1.54) is 0 Å². The maximum Gasteiger partial charge on any atom is 0.213 e. The largest absolute Gasteiger partial charge is 0.473 e. The third-order valence-corrected chi connectivity index (χ3v) is 3.01. The molecule has 1 aromatic heterocycles. The SMILES string of the molecule is NCc1ccnc(OCc2ccc(Cl)cc2Cl)c1. The van der Waals surface area contributed by atoms with E-state index in [4.69, 9.17) is 33.7 Å². The monoisotopic (exact) mass is 282 g/mol. The Morgan fingerprint density at radius 1 is 1.17 bits per heavy atom. The number of nitrogens with two attached hydrogens (primary N) is 1. The van der Waals surface area contributed by atoms with Crippen LogP contribution in [0.1, 0.15) is 11.1 Å². The first-order chi connectivity index (χ1) is 8.69. The molecule has 2 rings (SSSR count). The highest BCUT2D eigenvalue weighted by atomic mass is 35.5. The predicted octanol–water partition coefficient (Wildman–Crippen LogP) is 3.43. The summed E-state index contributed by atoms with van der Waals surface area (Å²) in [6.45, 7) is 0.803. The lowest BCUT2D eigenvalue weighted by molar-refractivity contribution is 0.293. The summed E-state index contributed by atoms with van der Waals surface area (Å²) < 4.78 is 5.56. The van der Waals surface area contributed by atoms with Gasteiger partial charge in [-0.15, -0.1) is 0 Å². The number of benzene rings is 1. The van der Waals surface area contributed by atoms with Crippen LogP contribution in [0, 0.1) is 0 Å². The van der Waals surface area contributed by atoms with Crippen LogP contribution in [-0.2, 0) is 13.2 Å². The minimum atomic E-state index is 0.344. The van der Waals surface area contributed by atoms with Crippen molar-refractivity contribution in [2.24, 2.45) is 5.73 Å². The van der Waals surface area contributed by atoms with Crippen molar-refractivity contribution >= 4 is 23.2 Å². The fourth-order valence-corrected chi connectivity index (χ4v) is 1.91. The Balaban J connectivity index is 2.06. The van der Waals surface area contributed by atoms with Crippen molar-refractivity contribution in [1.82, 2.24) is 4.98 Å². The summed E-state index contributed by atoms with van der Waals surface area (Å²) in [5.74, 6) is 0.531. The third-order valence-electron chi connectivity index (χ3n) is 2.43. The van der Waals surface area contributed by atoms with Crippen LogP contribution in [0.25, 0.3) is 0 Å². The summed E-state index contributed by atoms with van der Waals surface area (Å²) in [6.07, 6.45) is 1.67. The zero-order chi connectivity index (χ0) is 13.0. The molecule has 0 fully saturated rings. The quantitative estimate of drug-likeness (QED) is 0.935. The molecule has 0 aliphatic heterocycles. The molecule has 5 heteroatoms. The van der Waals surface area contributed by atoms with Crippen LogP contribution in [0.3, 0.4) is 0 Å². The van der Waals surface area contributed by atoms with E-state index in [-0.39, 0.29) is 0 Å². The van der Waals surface area contributed by atoms with E-state index < -0.39 is 0 Å². The number of ether oxygens (including phenoxy) is 1. The predicted molar refractivity (Wildman–Crippen MR) is 72.9 cm³/mol. The molecule has 0 atom stereocenters. The van der Waals surface area contributed by atoms with Gasteiger partial charge >= 0.3 is 0 Å². The Morgan fingerprint density at radius 2 is 2.00 bits per heavy atom. The molecule has 2 N–H and O–H groups in total. The fraction of sp³-hybridized carbons (Fsp3) is 0.154. The Hall–Kier alpha value is -1.29. The van der Waals surface area contributed by atoms with Crippen molar-refractivity contribution in [3.8, 4) is 5.88 Å². The minimum absolute atomic E-state index is 0.344. The Labute approximate surface area is 115 Å². The second-order valence-electron chi connectivity index (χ2n) is 3.73. The van der Waals surface area contributed by atoms with E-state index in [1.807, 2.05) is 18.2 Å². The van der Waals surface area contributed by atoms with Gasteiger partial charge in [0, 0.05) is 34.4 Å². The summed E-state index contributed by atoms with van der Waals surface area (Å²) >= 11 is 11.9. The molecule has 94 valence electrons. The zero-order valence-corrected chi connectivity index (χ0v) is 11.1. The molecular formula is C13H12Cl2N2O. The van der Waals surface area contributed by atoms with Gasteiger partial charge in [0.25, 0.3) is 0 Å². The molecule has 0 saturated heterocycles. The fourth-order valence-electron chi connectivity index (χ4n) is 1.45. The van der Waals surface area contributed by atoms with Crippen molar-refractivity contribution in [2.75, 3.05) is 0 Å². The number of halogens is 2. The molecule has 0 aliphatic carbocycles. The van der Waals surface area contributed by atoms with Gasteiger partial charge in [0.2, 0.25) is 5.88 Å². The zero-order valence-electron chi connectivity index (χ0n) is 9.57. The lowest BCUT2D eigenvalue weighted by atomic mass is 10.2. The highest BCUT2D eigenvalue weighted by molar-refractivity contribution is 6.35. The van der Waals surface area contributed by atoms with Gasteiger partial charge < -0.3 is 10.5 Å². The van der Waals surface area contributed by atoms with Crippen molar-refractivity contribution in [2.45, 2.75) is 13.2 Å². The summed E-state index contributed by atoms with van der Waals surface area (Å²) in [5, 5.41) is 1.18. The van der Waals surface area contributed by atoms with Crippen molar-refractivity contribution in [1.29, 1.82) is 0 Å². The summed E-state index contributed by atoms with van der Waals surface area (Å²) in [6, 6.07) is 8.95. The number of rotatable bonds is 4. The first kappa shape index (κ1) is 13.1. The topological polar surface area (TPSA) is 48.1 Å². The second-order valence-corrected chi connectivity index (χ2v) is 4.57.